The number of carbonyl (C=O) groups is 2. The minimum atomic E-state index is -0.0858. The van der Waals surface area contributed by atoms with Crippen LogP contribution in [0.2, 0.25) is 0 Å². The van der Waals surface area contributed by atoms with Crippen LogP contribution in [-0.4, -0.2) is 45.1 Å². The Morgan fingerprint density at radius 3 is 2.58 bits per heavy atom. The van der Waals surface area contributed by atoms with Gasteiger partial charge in [0.2, 0.25) is 11.8 Å². The Morgan fingerprint density at radius 1 is 1.09 bits per heavy atom. The molecule has 1 aliphatic heterocycles. The Balaban J connectivity index is 1.49. The number of hydrogen-bond acceptors (Lipinski definition) is 4. The van der Waals surface area contributed by atoms with Crippen LogP contribution in [0.3, 0.4) is 0 Å². The summed E-state index contributed by atoms with van der Waals surface area (Å²) >= 11 is 1.37. The largest absolute Gasteiger partial charge is 0.341 e. The van der Waals surface area contributed by atoms with Crippen LogP contribution in [-0.2, 0) is 16.1 Å². The van der Waals surface area contributed by atoms with Crippen molar-refractivity contribution < 1.29 is 9.59 Å². The number of rotatable bonds is 6. The van der Waals surface area contributed by atoms with Crippen LogP contribution < -0.4 is 5.32 Å². The van der Waals surface area contributed by atoms with E-state index in [2.05, 4.69) is 19.2 Å². The van der Waals surface area contributed by atoms with Crippen molar-refractivity contribution in [2.75, 3.05) is 24.2 Å². The average molecular weight is 465 g/mol. The number of benzene rings is 2. The molecule has 2 heterocycles. The maximum atomic E-state index is 13.2. The van der Waals surface area contributed by atoms with Crippen LogP contribution in [0.5, 0.6) is 0 Å². The number of piperidine rings is 1. The number of hydrogen-bond donors (Lipinski definition) is 1. The molecule has 0 radical (unpaired) electrons. The molecule has 2 amide bonds. The zero-order valence-corrected chi connectivity index (χ0v) is 20.6. The van der Waals surface area contributed by atoms with Crippen molar-refractivity contribution in [2.45, 2.75) is 45.8 Å². The van der Waals surface area contributed by atoms with Crippen molar-refractivity contribution in [1.82, 2.24) is 14.5 Å². The van der Waals surface area contributed by atoms with E-state index in [0.29, 0.717) is 17.0 Å². The zero-order valence-electron chi connectivity index (χ0n) is 19.8. The van der Waals surface area contributed by atoms with E-state index in [4.69, 9.17) is 4.98 Å². The highest BCUT2D eigenvalue weighted by Gasteiger charge is 2.26. The Kier molecular flexibility index (Phi) is 7.08. The van der Waals surface area contributed by atoms with E-state index in [0.717, 1.165) is 47.4 Å². The number of aromatic nitrogens is 2. The van der Waals surface area contributed by atoms with Crippen molar-refractivity contribution >= 4 is 40.3 Å². The van der Waals surface area contributed by atoms with Crippen molar-refractivity contribution in [2.24, 2.45) is 11.8 Å². The van der Waals surface area contributed by atoms with Gasteiger partial charge in [0.25, 0.3) is 0 Å². The molecular weight excluding hydrogens is 432 g/mol. The third-order valence-electron chi connectivity index (χ3n) is 6.13. The van der Waals surface area contributed by atoms with Crippen LogP contribution in [0, 0.1) is 25.7 Å². The van der Waals surface area contributed by atoms with Gasteiger partial charge in [-0.05, 0) is 61.4 Å². The molecule has 2 unspecified atom stereocenters. The first-order valence-corrected chi connectivity index (χ1v) is 12.5. The molecule has 7 heteroatoms. The maximum Gasteiger partial charge on any atom is 0.242 e. The van der Waals surface area contributed by atoms with Gasteiger partial charge in [-0.2, -0.15) is 0 Å². The first-order valence-electron chi connectivity index (χ1n) is 11.5. The molecular formula is C26H32N4O2S. The van der Waals surface area contributed by atoms with E-state index in [1.807, 2.05) is 65.8 Å². The molecule has 0 spiro atoms. The number of fused-ring (bicyclic) bond motifs is 1. The Hall–Kier alpha value is -2.80. The molecule has 174 valence electrons. The van der Waals surface area contributed by atoms with Crippen LogP contribution in [0.1, 0.15) is 31.4 Å². The van der Waals surface area contributed by atoms with E-state index in [9.17, 15) is 9.59 Å². The number of likely N-dealkylation sites (tertiary alicyclic amines) is 1. The van der Waals surface area contributed by atoms with Crippen molar-refractivity contribution in [3.05, 3.63) is 53.6 Å². The number of thioether (sulfide) groups is 1. The van der Waals surface area contributed by atoms with Gasteiger partial charge in [0, 0.05) is 18.8 Å². The Bertz CT molecular complexity index is 1160. The van der Waals surface area contributed by atoms with Crippen molar-refractivity contribution in [3.8, 4) is 0 Å². The van der Waals surface area contributed by atoms with E-state index in [-0.39, 0.29) is 24.1 Å². The van der Waals surface area contributed by atoms with Gasteiger partial charge in [0.15, 0.2) is 5.16 Å². The lowest BCUT2D eigenvalue weighted by Crippen LogP contribution is -2.44. The highest BCUT2D eigenvalue weighted by Crippen LogP contribution is 2.26. The van der Waals surface area contributed by atoms with E-state index < -0.39 is 0 Å². The number of aryl methyl sites for hydroxylation is 2. The summed E-state index contributed by atoms with van der Waals surface area (Å²) in [7, 11) is 0. The lowest BCUT2D eigenvalue weighted by atomic mass is 9.92. The number of nitrogens with one attached hydrogen (secondary N) is 1. The van der Waals surface area contributed by atoms with Crippen molar-refractivity contribution in [1.29, 1.82) is 0 Å². The normalized spacial score (nSPS) is 18.5. The summed E-state index contributed by atoms with van der Waals surface area (Å²) in [5, 5.41) is 3.70. The standard InChI is InChI=1S/C26H32N4O2S/c1-17-9-10-20(4)22(12-17)27-24(31)16-33-26-28-21-7-5-6-8-23(21)30(26)15-25(32)29-13-18(2)11-19(3)14-29/h5-10,12,18-19H,11,13-16H2,1-4H3,(H,27,31). The quantitative estimate of drug-likeness (QED) is 0.528. The minimum Gasteiger partial charge on any atom is -0.341 e. The molecule has 0 aliphatic carbocycles. The van der Waals surface area contributed by atoms with Gasteiger partial charge in [0.05, 0.1) is 16.8 Å². The number of carbonyl (C=O) groups excluding carboxylic acids is 2. The van der Waals surface area contributed by atoms with E-state index >= 15 is 0 Å². The second kappa shape index (κ2) is 10.00. The SMILES string of the molecule is Cc1ccc(C)c(NC(=O)CSc2nc3ccccc3n2CC(=O)N2CC(C)CC(C)C2)c1. The highest BCUT2D eigenvalue weighted by molar-refractivity contribution is 7.99. The van der Waals surface area contributed by atoms with Gasteiger partial charge in [-0.1, -0.05) is 49.9 Å². The third kappa shape index (κ3) is 5.58. The number of imidazole rings is 1. The van der Waals surface area contributed by atoms with Gasteiger partial charge in [-0.15, -0.1) is 0 Å². The van der Waals surface area contributed by atoms with E-state index in [1.165, 1.54) is 11.8 Å². The summed E-state index contributed by atoms with van der Waals surface area (Å²) in [5.41, 5.74) is 4.72. The van der Waals surface area contributed by atoms with Gasteiger partial charge < -0.3 is 14.8 Å². The van der Waals surface area contributed by atoms with Crippen molar-refractivity contribution in [3.63, 3.8) is 0 Å². The first kappa shape index (κ1) is 23.4. The molecule has 33 heavy (non-hydrogen) atoms. The predicted molar refractivity (Wildman–Crippen MR) is 135 cm³/mol. The zero-order chi connectivity index (χ0) is 23.5. The second-order valence-electron chi connectivity index (χ2n) is 9.37. The number of nitrogens with zero attached hydrogens (tertiary/aromatic N) is 3. The highest BCUT2D eigenvalue weighted by atomic mass is 32.2. The Morgan fingerprint density at radius 2 is 1.82 bits per heavy atom. The second-order valence-corrected chi connectivity index (χ2v) is 10.3. The van der Waals surface area contributed by atoms with Gasteiger partial charge in [-0.3, -0.25) is 9.59 Å². The maximum absolute atomic E-state index is 13.2. The van der Waals surface area contributed by atoms with Gasteiger partial charge >= 0.3 is 0 Å². The summed E-state index contributed by atoms with van der Waals surface area (Å²) < 4.78 is 1.96. The van der Waals surface area contributed by atoms with Gasteiger partial charge in [-0.25, -0.2) is 4.98 Å². The molecule has 0 bridgehead atoms. The first-order chi connectivity index (χ1) is 15.8. The van der Waals surface area contributed by atoms with Crippen LogP contribution in [0.4, 0.5) is 5.69 Å². The van der Waals surface area contributed by atoms with Crippen LogP contribution >= 0.6 is 11.8 Å². The fraction of sp³-hybridized carbons (Fsp3) is 0.423. The summed E-state index contributed by atoms with van der Waals surface area (Å²) in [6.07, 6.45) is 1.16. The van der Waals surface area contributed by atoms with Crippen LogP contribution in [0.15, 0.2) is 47.6 Å². The monoisotopic (exact) mass is 464 g/mol. The molecule has 1 aliphatic rings. The molecule has 6 nitrogen and oxygen atoms in total. The summed E-state index contributed by atoms with van der Waals surface area (Å²) in [6, 6.07) is 13.8. The summed E-state index contributed by atoms with van der Waals surface area (Å²) in [4.78, 5) is 32.6. The number of amides is 2. The molecule has 1 fully saturated rings. The molecule has 2 aromatic carbocycles. The summed E-state index contributed by atoms with van der Waals surface area (Å²) in [5.74, 6) is 1.28. The lowest BCUT2D eigenvalue weighted by molar-refractivity contribution is -0.134. The third-order valence-corrected chi connectivity index (χ3v) is 7.11. The molecule has 2 atom stereocenters. The lowest BCUT2D eigenvalue weighted by Gasteiger charge is -2.35. The molecule has 3 aromatic rings. The van der Waals surface area contributed by atoms with E-state index in [1.54, 1.807) is 0 Å². The molecule has 0 saturated carbocycles. The minimum absolute atomic E-state index is 0.0858. The predicted octanol–water partition coefficient (Wildman–Crippen LogP) is 4.89. The number of para-hydroxylation sites is 2. The molecule has 4 rings (SSSR count). The van der Waals surface area contributed by atoms with Crippen LogP contribution in [0.25, 0.3) is 11.0 Å². The average Bonchev–Trinajstić information content (AvgIpc) is 3.11. The fourth-order valence-electron chi connectivity index (χ4n) is 4.61. The Labute approximate surface area is 199 Å². The number of anilines is 1. The molecule has 1 N–H and O–H groups in total. The molecule has 1 aromatic heterocycles. The van der Waals surface area contributed by atoms with Gasteiger partial charge in [0.1, 0.15) is 6.54 Å². The molecule has 1 saturated heterocycles. The summed E-state index contributed by atoms with van der Waals surface area (Å²) in [6.45, 7) is 10.2. The smallest absolute Gasteiger partial charge is 0.242 e. The fourth-order valence-corrected chi connectivity index (χ4v) is 5.42. The topological polar surface area (TPSA) is 67.2 Å².